The third-order valence-electron chi connectivity index (χ3n) is 4.63. The van der Waals surface area contributed by atoms with E-state index in [2.05, 4.69) is 6.92 Å². The standard InChI is InChI=1S/C10H14OS/c1-9-5-12-6-10(9)3-2-7(9)4-8(10)11/h7H,2-6H2,1H3/t7-,9-,10+/m0/s1. The van der Waals surface area contributed by atoms with Gasteiger partial charge >= 0.3 is 0 Å². The summed E-state index contributed by atoms with van der Waals surface area (Å²) >= 11 is 2.00. The second-order valence-corrected chi connectivity index (χ2v) is 5.84. The molecule has 0 aromatic heterocycles. The lowest BCUT2D eigenvalue weighted by atomic mass is 9.70. The molecule has 1 saturated heterocycles. The highest BCUT2D eigenvalue weighted by molar-refractivity contribution is 7.99. The van der Waals surface area contributed by atoms with Crippen LogP contribution in [0.2, 0.25) is 0 Å². The predicted molar refractivity (Wildman–Crippen MR) is 50.2 cm³/mol. The number of carbonyl (C=O) groups is 1. The quantitative estimate of drug-likeness (QED) is 0.570. The molecule has 12 heavy (non-hydrogen) atoms. The molecule has 0 aromatic carbocycles. The van der Waals surface area contributed by atoms with Gasteiger partial charge in [0.1, 0.15) is 5.78 Å². The van der Waals surface area contributed by atoms with Crippen LogP contribution in [0.3, 0.4) is 0 Å². The normalized spacial score (nSPS) is 56.4. The molecule has 66 valence electrons. The highest BCUT2D eigenvalue weighted by Gasteiger charge is 2.68. The molecule has 0 unspecified atom stereocenters. The Hall–Kier alpha value is 0.0200. The highest BCUT2D eigenvalue weighted by atomic mass is 32.2. The lowest BCUT2D eigenvalue weighted by molar-refractivity contribution is -0.127. The zero-order chi connectivity index (χ0) is 8.40. The molecule has 2 saturated carbocycles. The van der Waals surface area contributed by atoms with E-state index in [-0.39, 0.29) is 5.41 Å². The van der Waals surface area contributed by atoms with E-state index in [0.717, 1.165) is 18.1 Å². The number of hydrogen-bond donors (Lipinski definition) is 0. The van der Waals surface area contributed by atoms with E-state index in [1.807, 2.05) is 11.8 Å². The first-order valence-electron chi connectivity index (χ1n) is 4.80. The third kappa shape index (κ3) is 0.535. The number of Topliss-reactive ketones (excluding diaryl/α,β-unsaturated/α-hetero) is 1. The molecule has 1 nitrogen and oxygen atoms in total. The Kier molecular flexibility index (Phi) is 1.19. The Morgan fingerprint density at radius 3 is 3.00 bits per heavy atom. The number of ketones is 1. The van der Waals surface area contributed by atoms with Crippen LogP contribution in [-0.2, 0) is 4.79 Å². The summed E-state index contributed by atoms with van der Waals surface area (Å²) in [5.41, 5.74) is 0.539. The zero-order valence-electron chi connectivity index (χ0n) is 7.43. The fourth-order valence-electron chi connectivity index (χ4n) is 3.63. The van der Waals surface area contributed by atoms with Gasteiger partial charge in [-0.05, 0) is 29.9 Å². The maximum absolute atomic E-state index is 11.8. The first kappa shape index (κ1) is 7.43. The second kappa shape index (κ2) is 1.92. The van der Waals surface area contributed by atoms with Gasteiger partial charge in [0.15, 0.2) is 0 Å². The van der Waals surface area contributed by atoms with Crippen LogP contribution in [0.1, 0.15) is 26.2 Å². The monoisotopic (exact) mass is 182 g/mol. The van der Waals surface area contributed by atoms with Crippen molar-refractivity contribution in [3.8, 4) is 0 Å². The largest absolute Gasteiger partial charge is 0.299 e. The Morgan fingerprint density at radius 1 is 1.50 bits per heavy atom. The van der Waals surface area contributed by atoms with Gasteiger partial charge in [0, 0.05) is 17.6 Å². The lowest BCUT2D eigenvalue weighted by Crippen LogP contribution is -2.36. The first-order chi connectivity index (χ1) is 5.69. The van der Waals surface area contributed by atoms with Crippen LogP contribution < -0.4 is 0 Å². The SMILES string of the molecule is C[C@@]12CSC[C@@]13CC[C@H]2CC3=O. The molecule has 0 spiro atoms. The van der Waals surface area contributed by atoms with Crippen LogP contribution in [0.4, 0.5) is 0 Å². The minimum atomic E-state index is 0.141. The molecule has 2 aliphatic carbocycles. The molecular weight excluding hydrogens is 168 g/mol. The molecular formula is C10H14OS. The Balaban J connectivity index is 2.17. The van der Waals surface area contributed by atoms with E-state index in [1.54, 1.807) is 0 Å². The molecule has 0 aromatic rings. The summed E-state index contributed by atoms with van der Waals surface area (Å²) < 4.78 is 0. The Labute approximate surface area is 77.3 Å². The van der Waals surface area contributed by atoms with E-state index in [1.165, 1.54) is 18.6 Å². The van der Waals surface area contributed by atoms with E-state index in [4.69, 9.17) is 0 Å². The fourth-order valence-corrected chi connectivity index (χ4v) is 5.65. The van der Waals surface area contributed by atoms with Crippen LogP contribution in [0.25, 0.3) is 0 Å². The molecule has 0 radical (unpaired) electrons. The van der Waals surface area contributed by atoms with Crippen molar-refractivity contribution in [2.75, 3.05) is 11.5 Å². The van der Waals surface area contributed by atoms with Crippen molar-refractivity contribution >= 4 is 17.5 Å². The Morgan fingerprint density at radius 2 is 2.33 bits per heavy atom. The fraction of sp³-hybridized carbons (Fsp3) is 0.900. The maximum atomic E-state index is 11.8. The van der Waals surface area contributed by atoms with E-state index < -0.39 is 0 Å². The van der Waals surface area contributed by atoms with Crippen molar-refractivity contribution in [1.82, 2.24) is 0 Å². The molecule has 1 heterocycles. The molecule has 2 bridgehead atoms. The molecule has 3 rings (SSSR count). The van der Waals surface area contributed by atoms with Crippen LogP contribution in [0.15, 0.2) is 0 Å². The molecule has 3 aliphatic rings. The minimum absolute atomic E-state index is 0.141. The molecule has 0 amide bonds. The minimum Gasteiger partial charge on any atom is -0.299 e. The van der Waals surface area contributed by atoms with E-state index in [9.17, 15) is 4.79 Å². The summed E-state index contributed by atoms with van der Waals surface area (Å²) in [7, 11) is 0. The van der Waals surface area contributed by atoms with Crippen LogP contribution in [-0.4, -0.2) is 17.3 Å². The van der Waals surface area contributed by atoms with Gasteiger partial charge in [0.25, 0.3) is 0 Å². The summed E-state index contributed by atoms with van der Waals surface area (Å²) in [6, 6.07) is 0. The highest BCUT2D eigenvalue weighted by Crippen LogP contribution is 2.69. The summed E-state index contributed by atoms with van der Waals surface area (Å²) in [5, 5.41) is 0. The van der Waals surface area contributed by atoms with Gasteiger partial charge in [0.05, 0.1) is 0 Å². The van der Waals surface area contributed by atoms with Gasteiger partial charge in [-0.3, -0.25) is 4.79 Å². The summed E-state index contributed by atoms with van der Waals surface area (Å²) in [6.45, 7) is 2.36. The summed E-state index contributed by atoms with van der Waals surface area (Å²) in [5.74, 6) is 3.69. The topological polar surface area (TPSA) is 17.1 Å². The molecule has 3 fully saturated rings. The van der Waals surface area contributed by atoms with Gasteiger partial charge < -0.3 is 0 Å². The van der Waals surface area contributed by atoms with Crippen molar-refractivity contribution in [1.29, 1.82) is 0 Å². The summed E-state index contributed by atoms with van der Waals surface area (Å²) in [4.78, 5) is 11.8. The number of rotatable bonds is 0. The molecule has 3 atom stereocenters. The van der Waals surface area contributed by atoms with Crippen LogP contribution in [0.5, 0.6) is 0 Å². The van der Waals surface area contributed by atoms with Crippen LogP contribution in [0, 0.1) is 16.7 Å². The van der Waals surface area contributed by atoms with Crippen LogP contribution >= 0.6 is 11.8 Å². The van der Waals surface area contributed by atoms with Gasteiger partial charge in [-0.25, -0.2) is 0 Å². The molecule has 1 aliphatic heterocycles. The lowest BCUT2D eigenvalue weighted by Gasteiger charge is -2.30. The van der Waals surface area contributed by atoms with Gasteiger partial charge in [-0.2, -0.15) is 11.8 Å². The van der Waals surface area contributed by atoms with E-state index >= 15 is 0 Å². The zero-order valence-corrected chi connectivity index (χ0v) is 8.25. The number of carbonyl (C=O) groups excluding carboxylic acids is 1. The van der Waals surface area contributed by atoms with Crippen molar-refractivity contribution in [3.63, 3.8) is 0 Å². The summed E-state index contributed by atoms with van der Waals surface area (Å²) in [6.07, 6.45) is 3.42. The first-order valence-corrected chi connectivity index (χ1v) is 5.96. The third-order valence-corrected chi connectivity index (χ3v) is 6.13. The Bertz CT molecular complexity index is 259. The van der Waals surface area contributed by atoms with Gasteiger partial charge in [-0.15, -0.1) is 0 Å². The predicted octanol–water partition coefficient (Wildman–Crippen LogP) is 2.11. The number of hydrogen-bond acceptors (Lipinski definition) is 2. The van der Waals surface area contributed by atoms with Crippen molar-refractivity contribution < 1.29 is 4.79 Å². The smallest absolute Gasteiger partial charge is 0.140 e. The average Bonchev–Trinajstić information content (AvgIpc) is 2.53. The van der Waals surface area contributed by atoms with Gasteiger partial charge in [-0.1, -0.05) is 6.92 Å². The van der Waals surface area contributed by atoms with Crippen molar-refractivity contribution in [2.45, 2.75) is 26.2 Å². The van der Waals surface area contributed by atoms with Gasteiger partial charge in [0.2, 0.25) is 0 Å². The number of thioether (sulfide) groups is 1. The second-order valence-electron chi connectivity index (χ2n) is 4.86. The van der Waals surface area contributed by atoms with Crippen molar-refractivity contribution in [2.24, 2.45) is 16.7 Å². The molecule has 0 N–H and O–H groups in total. The van der Waals surface area contributed by atoms with Crippen molar-refractivity contribution in [3.05, 3.63) is 0 Å². The maximum Gasteiger partial charge on any atom is 0.140 e. The average molecular weight is 182 g/mol. The molecule has 2 heteroatoms. The van der Waals surface area contributed by atoms with E-state index in [0.29, 0.717) is 11.2 Å².